The van der Waals surface area contributed by atoms with Crippen LogP contribution in [-0.4, -0.2) is 35.1 Å². The summed E-state index contributed by atoms with van der Waals surface area (Å²) in [7, 11) is 0. The van der Waals surface area contributed by atoms with Crippen LogP contribution in [0.2, 0.25) is 0 Å². The Balaban J connectivity index is 1.51. The van der Waals surface area contributed by atoms with E-state index in [9.17, 15) is 4.79 Å². The molecule has 0 aromatic heterocycles. The third-order valence-electron chi connectivity index (χ3n) is 4.76. The minimum Gasteiger partial charge on any atom is -0.491 e. The van der Waals surface area contributed by atoms with E-state index >= 15 is 0 Å². The second-order valence-electron chi connectivity index (χ2n) is 7.64. The van der Waals surface area contributed by atoms with Crippen molar-refractivity contribution in [1.82, 2.24) is 10.2 Å². The molecule has 0 spiro atoms. The largest absolute Gasteiger partial charge is 0.491 e. The summed E-state index contributed by atoms with van der Waals surface area (Å²) in [4.78, 5) is 15.0. The average molecular weight is 412 g/mol. The van der Waals surface area contributed by atoms with Gasteiger partial charge < -0.3 is 10.1 Å². The summed E-state index contributed by atoms with van der Waals surface area (Å²) in [6, 6.07) is 15.3. The van der Waals surface area contributed by atoms with Gasteiger partial charge in [0, 0.05) is 17.8 Å². The minimum atomic E-state index is -0.265. The molecule has 3 rings (SSSR count). The van der Waals surface area contributed by atoms with Gasteiger partial charge in [-0.25, -0.2) is 0 Å². The van der Waals surface area contributed by atoms with Crippen LogP contribution in [0.5, 0.6) is 5.75 Å². The van der Waals surface area contributed by atoms with Crippen molar-refractivity contribution in [3.8, 4) is 5.75 Å². The smallest absolute Gasteiger partial charge is 0.257 e. The summed E-state index contributed by atoms with van der Waals surface area (Å²) < 4.78 is 5.64. The lowest BCUT2D eigenvalue weighted by Gasteiger charge is -2.26. The van der Waals surface area contributed by atoms with E-state index < -0.39 is 0 Å². The van der Waals surface area contributed by atoms with Crippen LogP contribution < -0.4 is 15.4 Å². The van der Waals surface area contributed by atoms with Gasteiger partial charge in [0.25, 0.3) is 5.91 Å². The number of carbonyl (C=O) groups excluding carboxylic acids is 1. The highest BCUT2D eigenvalue weighted by atomic mass is 32.1. The molecule has 0 atom stereocenters. The number of amides is 1. The van der Waals surface area contributed by atoms with E-state index in [1.165, 1.54) is 37.9 Å². The van der Waals surface area contributed by atoms with Crippen molar-refractivity contribution in [3.05, 3.63) is 59.7 Å². The summed E-state index contributed by atoms with van der Waals surface area (Å²) in [6.45, 7) is 7.24. The molecule has 0 saturated carbocycles. The minimum absolute atomic E-state index is 0.0499. The first-order chi connectivity index (χ1) is 14.0. The highest BCUT2D eigenvalue weighted by molar-refractivity contribution is 7.80. The van der Waals surface area contributed by atoms with Crippen molar-refractivity contribution in [2.24, 2.45) is 0 Å². The molecule has 0 aliphatic carbocycles. The van der Waals surface area contributed by atoms with Crippen molar-refractivity contribution >= 4 is 28.9 Å². The molecular formula is C23H29N3O2S. The van der Waals surface area contributed by atoms with Gasteiger partial charge >= 0.3 is 0 Å². The Labute approximate surface area is 178 Å². The Bertz CT molecular complexity index is 830. The Hall–Kier alpha value is -2.44. The number of ether oxygens (including phenoxy) is 1. The van der Waals surface area contributed by atoms with Gasteiger partial charge in [-0.05, 0) is 87.9 Å². The standard InChI is InChI=1S/C23H29N3O2S/c1-17(2)28-21-8-6-7-19(15-21)22(27)25-23(29)24-20-11-9-18(10-12-20)16-26-13-4-3-5-14-26/h6-12,15,17H,3-5,13-14,16H2,1-2H3,(H2,24,25,27,29). The fourth-order valence-corrected chi connectivity index (χ4v) is 3.60. The topological polar surface area (TPSA) is 53.6 Å². The molecule has 5 nitrogen and oxygen atoms in total. The van der Waals surface area contributed by atoms with Gasteiger partial charge in [0.2, 0.25) is 0 Å². The van der Waals surface area contributed by atoms with Crippen molar-refractivity contribution in [1.29, 1.82) is 0 Å². The van der Waals surface area contributed by atoms with Gasteiger partial charge in [-0.2, -0.15) is 0 Å². The number of hydrogen-bond acceptors (Lipinski definition) is 4. The number of likely N-dealkylation sites (tertiary alicyclic amines) is 1. The number of nitrogens with one attached hydrogen (secondary N) is 2. The van der Waals surface area contributed by atoms with E-state index in [0.29, 0.717) is 11.3 Å². The quantitative estimate of drug-likeness (QED) is 0.681. The van der Waals surface area contributed by atoms with Crippen LogP contribution in [0.1, 0.15) is 49.0 Å². The predicted molar refractivity (Wildman–Crippen MR) is 121 cm³/mol. The van der Waals surface area contributed by atoms with E-state index in [0.717, 1.165) is 12.2 Å². The molecule has 0 radical (unpaired) electrons. The lowest BCUT2D eigenvalue weighted by atomic mass is 10.1. The van der Waals surface area contributed by atoms with Gasteiger partial charge in [-0.15, -0.1) is 0 Å². The zero-order valence-corrected chi connectivity index (χ0v) is 17.9. The highest BCUT2D eigenvalue weighted by Gasteiger charge is 2.11. The molecule has 29 heavy (non-hydrogen) atoms. The van der Waals surface area contributed by atoms with Gasteiger partial charge in [0.1, 0.15) is 5.75 Å². The summed E-state index contributed by atoms with van der Waals surface area (Å²) in [5.41, 5.74) is 2.65. The maximum Gasteiger partial charge on any atom is 0.257 e. The molecule has 6 heteroatoms. The number of thiocarbonyl (C=S) groups is 1. The Morgan fingerprint density at radius 1 is 1.10 bits per heavy atom. The number of rotatable bonds is 6. The number of hydrogen-bond donors (Lipinski definition) is 2. The maximum absolute atomic E-state index is 12.5. The van der Waals surface area contributed by atoms with Crippen LogP contribution in [0.25, 0.3) is 0 Å². The van der Waals surface area contributed by atoms with Crippen molar-refractivity contribution in [2.75, 3.05) is 18.4 Å². The second kappa shape index (κ2) is 10.4. The van der Waals surface area contributed by atoms with Crippen LogP contribution in [-0.2, 0) is 6.54 Å². The van der Waals surface area contributed by atoms with E-state index in [4.69, 9.17) is 17.0 Å². The van der Waals surface area contributed by atoms with E-state index in [2.05, 4.69) is 27.7 Å². The first-order valence-electron chi connectivity index (χ1n) is 10.2. The fraction of sp³-hybridized carbons (Fsp3) is 0.391. The van der Waals surface area contributed by atoms with Crippen LogP contribution in [0.15, 0.2) is 48.5 Å². The SMILES string of the molecule is CC(C)Oc1cccc(C(=O)NC(=S)Nc2ccc(CN3CCCCC3)cc2)c1. The summed E-state index contributed by atoms with van der Waals surface area (Å²) >= 11 is 5.30. The third kappa shape index (κ3) is 6.84. The molecule has 1 aliphatic rings. The summed E-state index contributed by atoms with van der Waals surface area (Å²) in [5.74, 6) is 0.397. The van der Waals surface area contributed by atoms with E-state index in [-0.39, 0.29) is 17.1 Å². The van der Waals surface area contributed by atoms with Crippen LogP contribution in [0, 0.1) is 0 Å². The van der Waals surface area contributed by atoms with Crippen molar-refractivity contribution in [2.45, 2.75) is 45.8 Å². The number of anilines is 1. The molecule has 2 aromatic carbocycles. The molecule has 2 N–H and O–H groups in total. The van der Waals surface area contributed by atoms with Crippen molar-refractivity contribution in [3.63, 3.8) is 0 Å². The second-order valence-corrected chi connectivity index (χ2v) is 8.04. The van der Waals surface area contributed by atoms with Gasteiger partial charge in [0.05, 0.1) is 6.10 Å². The molecule has 0 unspecified atom stereocenters. The monoisotopic (exact) mass is 411 g/mol. The first-order valence-corrected chi connectivity index (χ1v) is 10.6. The zero-order chi connectivity index (χ0) is 20.6. The normalized spacial score (nSPS) is 14.4. The number of benzene rings is 2. The molecule has 2 aromatic rings. The maximum atomic E-state index is 12.5. The van der Waals surface area contributed by atoms with Gasteiger partial charge in [0.15, 0.2) is 5.11 Å². The fourth-order valence-electron chi connectivity index (χ4n) is 3.39. The lowest BCUT2D eigenvalue weighted by molar-refractivity contribution is 0.0977. The van der Waals surface area contributed by atoms with Crippen LogP contribution in [0.3, 0.4) is 0 Å². The number of piperidine rings is 1. The summed E-state index contributed by atoms with van der Waals surface area (Å²) in [5, 5.41) is 6.07. The molecule has 154 valence electrons. The third-order valence-corrected chi connectivity index (χ3v) is 4.97. The molecule has 0 bridgehead atoms. The molecule has 1 aliphatic heterocycles. The molecule has 1 saturated heterocycles. The molecule has 1 amide bonds. The molecular weight excluding hydrogens is 382 g/mol. The Kier molecular flexibility index (Phi) is 7.61. The predicted octanol–water partition coefficient (Wildman–Crippen LogP) is 4.59. The van der Waals surface area contributed by atoms with Gasteiger partial charge in [-0.3, -0.25) is 15.0 Å². The van der Waals surface area contributed by atoms with Crippen molar-refractivity contribution < 1.29 is 9.53 Å². The Morgan fingerprint density at radius 3 is 2.52 bits per heavy atom. The van der Waals surface area contributed by atoms with E-state index in [1.807, 2.05) is 32.0 Å². The Morgan fingerprint density at radius 2 is 1.83 bits per heavy atom. The lowest BCUT2D eigenvalue weighted by Crippen LogP contribution is -2.34. The van der Waals surface area contributed by atoms with Crippen LogP contribution in [0.4, 0.5) is 5.69 Å². The van der Waals surface area contributed by atoms with E-state index in [1.54, 1.807) is 18.2 Å². The number of nitrogens with zero attached hydrogens (tertiary/aromatic N) is 1. The molecule has 1 fully saturated rings. The van der Waals surface area contributed by atoms with Crippen LogP contribution >= 0.6 is 12.2 Å². The molecule has 1 heterocycles. The first kappa shape index (κ1) is 21.3. The highest BCUT2D eigenvalue weighted by Crippen LogP contribution is 2.16. The average Bonchev–Trinajstić information content (AvgIpc) is 2.70. The zero-order valence-electron chi connectivity index (χ0n) is 17.1. The summed E-state index contributed by atoms with van der Waals surface area (Å²) in [6.07, 6.45) is 3.98. The number of carbonyl (C=O) groups is 1. The van der Waals surface area contributed by atoms with Gasteiger partial charge in [-0.1, -0.05) is 24.6 Å².